The Morgan fingerprint density at radius 3 is 2.10 bits per heavy atom. The molecule has 0 fully saturated rings. The van der Waals surface area contributed by atoms with Crippen LogP contribution >= 0.6 is 0 Å². The maximum absolute atomic E-state index is 11.5. The summed E-state index contributed by atoms with van der Waals surface area (Å²) in [6.07, 6.45) is -0.0374. The number of carbonyl (C=O) groups is 1. The van der Waals surface area contributed by atoms with Crippen LogP contribution in [-0.2, 0) is 15.9 Å². The third-order valence-corrected chi connectivity index (χ3v) is 3.15. The summed E-state index contributed by atoms with van der Waals surface area (Å²) in [7, 11) is 6.14. The molecule has 0 saturated carbocycles. The number of ether oxygens (including phenoxy) is 4. The zero-order valence-electron chi connectivity index (χ0n) is 12.5. The van der Waals surface area contributed by atoms with Crippen molar-refractivity contribution < 1.29 is 23.7 Å². The summed E-state index contributed by atoms with van der Waals surface area (Å²) >= 11 is 0. The van der Waals surface area contributed by atoms with E-state index in [1.807, 2.05) is 0 Å². The second-order valence-electron chi connectivity index (χ2n) is 4.24. The topological polar surface area (TPSA) is 80.0 Å². The zero-order valence-corrected chi connectivity index (χ0v) is 12.5. The van der Waals surface area contributed by atoms with Crippen molar-refractivity contribution in [2.75, 3.05) is 28.4 Å². The van der Waals surface area contributed by atoms with Gasteiger partial charge in [0.15, 0.2) is 17.8 Å². The molecule has 20 heavy (non-hydrogen) atoms. The highest BCUT2D eigenvalue weighted by molar-refractivity contribution is 5.95. The van der Waals surface area contributed by atoms with Crippen molar-refractivity contribution >= 4 is 5.91 Å². The first-order chi connectivity index (χ1) is 9.49. The van der Waals surface area contributed by atoms with Crippen molar-refractivity contribution in [2.45, 2.75) is 19.6 Å². The molecule has 6 heteroatoms. The smallest absolute Gasteiger partial charge is 0.249 e. The molecule has 0 atom stereocenters. The van der Waals surface area contributed by atoms with Gasteiger partial charge in [-0.05, 0) is 13.0 Å². The molecule has 0 saturated heterocycles. The minimum Gasteiger partial charge on any atom is -0.493 e. The molecule has 0 unspecified atom stereocenters. The summed E-state index contributed by atoms with van der Waals surface area (Å²) < 4.78 is 21.1. The SMILES string of the molecule is COc1c(CC(OC)OC)cc(C(N)=O)c(C)c1OC. The van der Waals surface area contributed by atoms with Crippen LogP contribution in [-0.4, -0.2) is 40.6 Å². The molecular weight excluding hydrogens is 262 g/mol. The van der Waals surface area contributed by atoms with E-state index in [0.29, 0.717) is 29.0 Å². The van der Waals surface area contributed by atoms with Crippen LogP contribution in [0.2, 0.25) is 0 Å². The summed E-state index contributed by atoms with van der Waals surface area (Å²) in [6.45, 7) is 1.76. The molecular formula is C14H21NO5. The fraction of sp³-hybridized carbons (Fsp3) is 0.500. The highest BCUT2D eigenvalue weighted by Gasteiger charge is 2.21. The second kappa shape index (κ2) is 7.12. The average molecular weight is 283 g/mol. The van der Waals surface area contributed by atoms with Crippen LogP contribution in [0.15, 0.2) is 6.07 Å². The van der Waals surface area contributed by atoms with Gasteiger partial charge in [0.05, 0.1) is 14.2 Å². The Bertz CT molecular complexity index is 483. The van der Waals surface area contributed by atoms with Crippen molar-refractivity contribution in [2.24, 2.45) is 5.73 Å². The van der Waals surface area contributed by atoms with Crippen molar-refractivity contribution in [3.63, 3.8) is 0 Å². The molecule has 2 N–H and O–H groups in total. The molecule has 0 heterocycles. The van der Waals surface area contributed by atoms with Crippen LogP contribution in [0.5, 0.6) is 11.5 Å². The van der Waals surface area contributed by atoms with Crippen molar-refractivity contribution in [1.29, 1.82) is 0 Å². The Hall–Kier alpha value is -1.79. The predicted molar refractivity (Wildman–Crippen MR) is 74.3 cm³/mol. The van der Waals surface area contributed by atoms with Gasteiger partial charge in [0, 0.05) is 37.3 Å². The molecule has 1 rings (SSSR count). The molecule has 0 aromatic heterocycles. The van der Waals surface area contributed by atoms with Crippen molar-refractivity contribution in [3.8, 4) is 11.5 Å². The van der Waals surface area contributed by atoms with Gasteiger partial charge in [-0.25, -0.2) is 0 Å². The van der Waals surface area contributed by atoms with Crippen LogP contribution in [0, 0.1) is 6.92 Å². The summed E-state index contributed by atoms with van der Waals surface area (Å²) in [5.74, 6) is 0.523. The van der Waals surface area contributed by atoms with E-state index >= 15 is 0 Å². The number of primary amides is 1. The second-order valence-corrected chi connectivity index (χ2v) is 4.24. The lowest BCUT2D eigenvalue weighted by atomic mass is 9.99. The molecule has 0 aliphatic rings. The van der Waals surface area contributed by atoms with Gasteiger partial charge in [-0.2, -0.15) is 0 Å². The number of hydrogen-bond donors (Lipinski definition) is 1. The van der Waals surface area contributed by atoms with Gasteiger partial charge >= 0.3 is 0 Å². The van der Waals surface area contributed by atoms with E-state index in [2.05, 4.69) is 0 Å². The Labute approximate surface area is 118 Å². The van der Waals surface area contributed by atoms with Crippen LogP contribution in [0.4, 0.5) is 0 Å². The fourth-order valence-electron chi connectivity index (χ4n) is 2.11. The van der Waals surface area contributed by atoms with E-state index in [1.165, 1.54) is 7.11 Å². The molecule has 1 amide bonds. The Kier molecular flexibility index (Phi) is 5.79. The summed E-state index contributed by atoms with van der Waals surface area (Å²) in [4.78, 5) is 11.5. The van der Waals surface area contributed by atoms with E-state index in [0.717, 1.165) is 5.56 Å². The van der Waals surface area contributed by atoms with Gasteiger partial charge < -0.3 is 24.7 Å². The number of rotatable bonds is 7. The van der Waals surface area contributed by atoms with Gasteiger partial charge in [0.1, 0.15) is 0 Å². The molecule has 6 nitrogen and oxygen atoms in total. The third-order valence-electron chi connectivity index (χ3n) is 3.15. The van der Waals surface area contributed by atoms with Crippen LogP contribution < -0.4 is 15.2 Å². The fourth-order valence-corrected chi connectivity index (χ4v) is 2.11. The summed E-state index contributed by atoms with van der Waals surface area (Å²) in [6, 6.07) is 1.68. The van der Waals surface area contributed by atoms with Crippen LogP contribution in [0.25, 0.3) is 0 Å². The number of methoxy groups -OCH3 is 4. The van der Waals surface area contributed by atoms with E-state index < -0.39 is 12.2 Å². The van der Waals surface area contributed by atoms with E-state index in [1.54, 1.807) is 34.3 Å². The average Bonchev–Trinajstić information content (AvgIpc) is 2.44. The number of carbonyl (C=O) groups excluding carboxylic acids is 1. The Balaban J connectivity index is 3.40. The minimum atomic E-state index is -0.518. The first-order valence-corrected chi connectivity index (χ1v) is 6.09. The molecule has 0 spiro atoms. The van der Waals surface area contributed by atoms with Gasteiger partial charge in [-0.3, -0.25) is 4.79 Å². The Morgan fingerprint density at radius 2 is 1.70 bits per heavy atom. The monoisotopic (exact) mass is 283 g/mol. The zero-order chi connectivity index (χ0) is 15.3. The van der Waals surface area contributed by atoms with E-state index in [-0.39, 0.29) is 0 Å². The van der Waals surface area contributed by atoms with Gasteiger partial charge in [-0.1, -0.05) is 0 Å². The number of hydrogen-bond acceptors (Lipinski definition) is 5. The number of amides is 1. The lowest BCUT2D eigenvalue weighted by Crippen LogP contribution is -2.19. The van der Waals surface area contributed by atoms with Crippen LogP contribution in [0.1, 0.15) is 21.5 Å². The molecule has 0 radical (unpaired) electrons. The lowest BCUT2D eigenvalue weighted by Gasteiger charge is -2.20. The molecule has 0 aliphatic heterocycles. The molecule has 112 valence electrons. The quantitative estimate of drug-likeness (QED) is 0.762. The molecule has 0 bridgehead atoms. The maximum atomic E-state index is 11.5. The lowest BCUT2D eigenvalue weighted by molar-refractivity contribution is -0.100. The van der Waals surface area contributed by atoms with Gasteiger partial charge in [0.2, 0.25) is 5.91 Å². The Morgan fingerprint density at radius 1 is 1.15 bits per heavy atom. The van der Waals surface area contributed by atoms with Crippen molar-refractivity contribution in [3.05, 3.63) is 22.8 Å². The maximum Gasteiger partial charge on any atom is 0.249 e. The molecule has 0 aliphatic carbocycles. The molecule has 1 aromatic rings. The number of nitrogens with two attached hydrogens (primary N) is 1. The summed E-state index contributed by atoms with van der Waals surface area (Å²) in [5.41, 5.74) is 7.17. The van der Waals surface area contributed by atoms with Crippen molar-refractivity contribution in [1.82, 2.24) is 0 Å². The van der Waals surface area contributed by atoms with Gasteiger partial charge in [-0.15, -0.1) is 0 Å². The number of benzene rings is 1. The first kappa shape index (κ1) is 16.3. The van der Waals surface area contributed by atoms with E-state index in [9.17, 15) is 4.79 Å². The predicted octanol–water partition coefficient (Wildman–Crippen LogP) is 1.27. The third kappa shape index (κ3) is 3.20. The van der Waals surface area contributed by atoms with Gasteiger partial charge in [0.25, 0.3) is 0 Å². The highest BCUT2D eigenvalue weighted by atomic mass is 16.7. The minimum absolute atomic E-state index is 0.392. The van der Waals surface area contributed by atoms with Crippen LogP contribution in [0.3, 0.4) is 0 Å². The summed E-state index contributed by atoms with van der Waals surface area (Å²) in [5, 5.41) is 0. The molecule has 1 aromatic carbocycles. The highest BCUT2D eigenvalue weighted by Crippen LogP contribution is 2.37. The largest absolute Gasteiger partial charge is 0.493 e. The first-order valence-electron chi connectivity index (χ1n) is 6.09. The standard InChI is InChI=1S/C14H21NO5/c1-8-10(14(15)16)6-9(7-11(17-2)18-3)13(20-5)12(8)19-4/h6,11H,7H2,1-5H3,(H2,15,16). The normalized spacial score (nSPS) is 10.7. The van der Waals surface area contributed by atoms with E-state index in [4.69, 9.17) is 24.7 Å².